The van der Waals surface area contributed by atoms with Crippen LogP contribution in [0.15, 0.2) is 58.0 Å². The number of rotatable bonds is 8. The fourth-order valence-electron chi connectivity index (χ4n) is 3.16. The van der Waals surface area contributed by atoms with Crippen molar-refractivity contribution in [2.75, 3.05) is 27.9 Å². The highest BCUT2D eigenvalue weighted by Gasteiger charge is 2.17. The maximum Gasteiger partial charge on any atom is 0.206 e. The highest BCUT2D eigenvalue weighted by Crippen LogP contribution is 2.41. The molecule has 0 aliphatic carbocycles. The number of nitrogens with zero attached hydrogens (tertiary/aromatic N) is 3. The third-order valence-electron chi connectivity index (χ3n) is 4.75. The first kappa shape index (κ1) is 23.9. The predicted octanol–water partition coefficient (Wildman–Crippen LogP) is 4.40. The molecule has 0 radical (unpaired) electrons. The normalized spacial score (nSPS) is 12.0. The molecule has 0 unspecified atom stereocenters. The molecule has 0 bridgehead atoms. The molecule has 0 fully saturated rings. The highest BCUT2D eigenvalue weighted by atomic mass is 32.1. The summed E-state index contributed by atoms with van der Waals surface area (Å²) in [5, 5.41) is 26.6. The van der Waals surface area contributed by atoms with E-state index in [1.54, 1.807) is 39.0 Å². The Balaban J connectivity index is 2.24. The molecule has 0 atom stereocenters. The number of methoxy groups -OCH3 is 3. The van der Waals surface area contributed by atoms with Gasteiger partial charge in [0.05, 0.1) is 39.3 Å². The zero-order valence-electron chi connectivity index (χ0n) is 19.2. The second kappa shape index (κ2) is 10.3. The number of thiazole rings is 1. The molecule has 2 N–H and O–H groups in total. The molecular formula is C24H27N3O5S. The van der Waals surface area contributed by atoms with Gasteiger partial charge >= 0.3 is 0 Å². The summed E-state index contributed by atoms with van der Waals surface area (Å²) in [6, 6.07) is 8.06. The van der Waals surface area contributed by atoms with Crippen molar-refractivity contribution in [1.29, 1.82) is 0 Å². The zero-order chi connectivity index (χ0) is 24.1. The van der Waals surface area contributed by atoms with E-state index < -0.39 is 0 Å². The summed E-state index contributed by atoms with van der Waals surface area (Å²) in [4.78, 5) is 5.29. The smallest absolute Gasteiger partial charge is 0.206 e. The molecule has 9 heteroatoms. The quantitative estimate of drug-likeness (QED) is 0.376. The summed E-state index contributed by atoms with van der Waals surface area (Å²) >= 11 is 1.43. The molecular weight excluding hydrogens is 442 g/mol. The Hall–Kier alpha value is -3.72. The average Bonchev–Trinajstić information content (AvgIpc) is 3.18. The molecule has 2 aromatic carbocycles. The van der Waals surface area contributed by atoms with Crippen LogP contribution in [0.3, 0.4) is 0 Å². The van der Waals surface area contributed by atoms with Crippen molar-refractivity contribution in [3.8, 4) is 40.0 Å². The van der Waals surface area contributed by atoms with Gasteiger partial charge in [-0.2, -0.15) is 5.10 Å². The van der Waals surface area contributed by atoms with Gasteiger partial charge in [0.2, 0.25) is 10.6 Å². The Kier molecular flexibility index (Phi) is 7.44. The molecule has 3 rings (SSSR count). The van der Waals surface area contributed by atoms with Crippen molar-refractivity contribution >= 4 is 17.0 Å². The topological polar surface area (TPSA) is 97.8 Å². The molecule has 1 aromatic heterocycles. The molecule has 8 nitrogen and oxygen atoms in total. The molecule has 0 aliphatic heterocycles. The average molecular weight is 470 g/mol. The van der Waals surface area contributed by atoms with Crippen molar-refractivity contribution < 1.29 is 24.4 Å². The van der Waals surface area contributed by atoms with E-state index >= 15 is 0 Å². The third kappa shape index (κ3) is 5.20. The molecule has 0 amide bonds. The number of phenols is 2. The molecule has 174 valence electrons. The van der Waals surface area contributed by atoms with E-state index in [4.69, 9.17) is 19.3 Å². The molecule has 3 aromatic rings. The summed E-state index contributed by atoms with van der Waals surface area (Å²) < 4.78 is 18.2. The summed E-state index contributed by atoms with van der Waals surface area (Å²) in [5.41, 5.74) is 3.48. The maximum atomic E-state index is 10.3. The maximum absolute atomic E-state index is 10.3. The Labute approximate surface area is 196 Å². The van der Waals surface area contributed by atoms with Crippen LogP contribution < -0.4 is 19.0 Å². The van der Waals surface area contributed by atoms with Gasteiger partial charge in [-0.15, -0.1) is 11.3 Å². The first-order chi connectivity index (χ1) is 15.8. The largest absolute Gasteiger partial charge is 0.508 e. The minimum absolute atomic E-state index is 0.0255. The summed E-state index contributed by atoms with van der Waals surface area (Å²) in [6.45, 7) is 8.06. The third-order valence-corrected chi connectivity index (χ3v) is 5.61. The Morgan fingerprint density at radius 1 is 1.03 bits per heavy atom. The molecule has 0 saturated heterocycles. The van der Waals surface area contributed by atoms with Crippen molar-refractivity contribution in [2.24, 2.45) is 10.1 Å². The highest BCUT2D eigenvalue weighted by molar-refractivity contribution is 7.07. The van der Waals surface area contributed by atoms with E-state index in [0.29, 0.717) is 39.9 Å². The van der Waals surface area contributed by atoms with Crippen LogP contribution in [0.4, 0.5) is 0 Å². The number of aromatic hydroxyl groups is 2. The van der Waals surface area contributed by atoms with Crippen molar-refractivity contribution in [3.63, 3.8) is 0 Å². The van der Waals surface area contributed by atoms with E-state index in [-0.39, 0.29) is 11.5 Å². The van der Waals surface area contributed by atoms with Gasteiger partial charge in [0.25, 0.3) is 0 Å². The molecule has 1 heterocycles. The van der Waals surface area contributed by atoms with Crippen molar-refractivity contribution in [3.05, 3.63) is 58.2 Å². The molecule has 0 spiro atoms. The van der Waals surface area contributed by atoms with E-state index in [1.807, 2.05) is 24.4 Å². The lowest BCUT2D eigenvalue weighted by Gasteiger charge is -2.14. The van der Waals surface area contributed by atoms with Crippen LogP contribution in [-0.2, 0) is 0 Å². The summed E-state index contributed by atoms with van der Waals surface area (Å²) in [7, 11) is 4.68. The van der Waals surface area contributed by atoms with Gasteiger partial charge in [0, 0.05) is 22.6 Å². The van der Waals surface area contributed by atoms with Gasteiger partial charge in [0.15, 0.2) is 11.5 Å². The van der Waals surface area contributed by atoms with Crippen LogP contribution in [0.5, 0.6) is 28.7 Å². The van der Waals surface area contributed by atoms with Crippen LogP contribution in [0.1, 0.15) is 19.4 Å². The minimum atomic E-state index is -0.0677. The van der Waals surface area contributed by atoms with E-state index in [0.717, 1.165) is 16.8 Å². The van der Waals surface area contributed by atoms with Crippen molar-refractivity contribution in [2.45, 2.75) is 13.8 Å². The van der Waals surface area contributed by atoms with E-state index in [2.05, 4.69) is 11.6 Å². The lowest BCUT2D eigenvalue weighted by molar-refractivity contribution is 0.324. The Bertz CT molecular complexity index is 1250. The van der Waals surface area contributed by atoms with Crippen LogP contribution >= 0.6 is 11.3 Å². The second-order valence-corrected chi connectivity index (χ2v) is 8.13. The first-order valence-electron chi connectivity index (χ1n) is 10.0. The zero-order valence-corrected chi connectivity index (χ0v) is 20.1. The lowest BCUT2D eigenvalue weighted by atomic mass is 10.1. The fourth-order valence-corrected chi connectivity index (χ4v) is 4.00. The molecule has 0 aliphatic rings. The van der Waals surface area contributed by atoms with Crippen LogP contribution in [0.25, 0.3) is 11.3 Å². The van der Waals surface area contributed by atoms with Gasteiger partial charge < -0.3 is 24.4 Å². The standard InChI is InChI=1S/C24H27N3O5S/c1-14(2)12-25-24-27(26-15(3)18-8-7-17(28)11-20(18)29)19(13-33-24)16-9-21(30-4)23(32-6)22(10-16)31-5/h7-11,13,28-29H,1,12H2,2-6H3. The van der Waals surface area contributed by atoms with Gasteiger partial charge in [-0.05, 0) is 38.1 Å². The predicted molar refractivity (Wildman–Crippen MR) is 130 cm³/mol. The number of phenolic OH excluding ortho intramolecular Hbond substituents is 2. The number of hydrogen-bond donors (Lipinski definition) is 2. The van der Waals surface area contributed by atoms with E-state index in [9.17, 15) is 10.2 Å². The van der Waals surface area contributed by atoms with E-state index in [1.165, 1.54) is 23.5 Å². The van der Waals surface area contributed by atoms with Crippen LogP contribution in [0, 0.1) is 0 Å². The monoisotopic (exact) mass is 469 g/mol. The Morgan fingerprint density at radius 2 is 1.70 bits per heavy atom. The first-order valence-corrected chi connectivity index (χ1v) is 10.9. The summed E-state index contributed by atoms with van der Waals surface area (Å²) in [6.07, 6.45) is 0. The van der Waals surface area contributed by atoms with Crippen LogP contribution in [-0.4, -0.2) is 48.5 Å². The van der Waals surface area contributed by atoms with Crippen LogP contribution in [0.2, 0.25) is 0 Å². The minimum Gasteiger partial charge on any atom is -0.508 e. The SMILES string of the molecule is C=C(C)CN=c1scc(-c2cc(OC)c(OC)c(OC)c2)n1N=C(C)c1ccc(O)cc1O. The number of ether oxygens (including phenoxy) is 3. The Morgan fingerprint density at radius 3 is 2.24 bits per heavy atom. The second-order valence-electron chi connectivity index (χ2n) is 7.29. The number of hydrogen-bond acceptors (Lipinski definition) is 8. The lowest BCUT2D eigenvalue weighted by Crippen LogP contribution is -2.15. The molecule has 33 heavy (non-hydrogen) atoms. The summed E-state index contributed by atoms with van der Waals surface area (Å²) in [5.74, 6) is 1.43. The van der Waals surface area contributed by atoms with Gasteiger partial charge in [0.1, 0.15) is 11.5 Å². The number of benzene rings is 2. The van der Waals surface area contributed by atoms with Gasteiger partial charge in [-0.25, -0.2) is 4.68 Å². The van der Waals surface area contributed by atoms with Crippen molar-refractivity contribution in [1.82, 2.24) is 4.68 Å². The van der Waals surface area contributed by atoms with Gasteiger partial charge in [-0.3, -0.25) is 4.99 Å². The number of aromatic nitrogens is 1. The molecule has 0 saturated carbocycles. The van der Waals surface area contributed by atoms with Gasteiger partial charge in [-0.1, -0.05) is 12.2 Å². The fraction of sp³-hybridized carbons (Fsp3) is 0.250.